The van der Waals surface area contributed by atoms with Crippen LogP contribution in [0, 0.1) is 5.82 Å². The zero-order chi connectivity index (χ0) is 17.4. The Labute approximate surface area is 142 Å². The Morgan fingerprint density at radius 1 is 1.04 bits per heavy atom. The van der Waals surface area contributed by atoms with Crippen molar-refractivity contribution in [3.8, 4) is 0 Å². The van der Waals surface area contributed by atoms with Gasteiger partial charge in [0.15, 0.2) is 9.84 Å². The smallest absolute Gasteiger partial charge is 0.218 e. The van der Waals surface area contributed by atoms with Gasteiger partial charge in [0.05, 0.1) is 16.8 Å². The van der Waals surface area contributed by atoms with Gasteiger partial charge >= 0.3 is 0 Å². The van der Waals surface area contributed by atoms with Gasteiger partial charge in [0.1, 0.15) is 5.82 Å². The Bertz CT molecular complexity index is 793. The fourth-order valence-corrected chi connectivity index (χ4v) is 7.82. The minimum absolute atomic E-state index is 0.0492. The monoisotopic (exact) mass is 376 g/mol. The molecule has 2 aliphatic heterocycles. The number of nitrogens with zero attached hydrogens (tertiary/aromatic N) is 2. The van der Waals surface area contributed by atoms with Crippen molar-refractivity contribution in [3.05, 3.63) is 30.1 Å². The highest BCUT2D eigenvalue weighted by Gasteiger charge is 2.40. The highest BCUT2D eigenvalue weighted by molar-refractivity contribution is 7.95. The van der Waals surface area contributed by atoms with Crippen molar-refractivity contribution >= 4 is 25.5 Å². The van der Waals surface area contributed by atoms with Crippen LogP contribution in [0.25, 0.3) is 0 Å². The molecule has 2 saturated heterocycles. The highest BCUT2D eigenvalue weighted by atomic mass is 32.2. The van der Waals surface area contributed by atoms with Crippen molar-refractivity contribution in [1.82, 2.24) is 4.31 Å². The first-order chi connectivity index (χ1) is 11.3. The molecule has 3 rings (SSSR count). The Kier molecular flexibility index (Phi) is 4.85. The largest absolute Gasteiger partial charge is 0.370 e. The van der Waals surface area contributed by atoms with E-state index in [1.165, 1.54) is 16.4 Å². The molecule has 0 saturated carbocycles. The SMILES string of the molecule is O=S1(=O)CCC(S(=O)(=O)N2CCCN(c3ccc(F)cc3)CC2)C1. The molecular formula is C15H21FN2O4S2. The molecule has 0 spiro atoms. The normalized spacial score (nSPS) is 25.5. The quantitative estimate of drug-likeness (QED) is 0.782. The topological polar surface area (TPSA) is 74.8 Å². The molecule has 2 aliphatic rings. The average molecular weight is 376 g/mol. The van der Waals surface area contributed by atoms with Crippen LogP contribution in [0.4, 0.5) is 10.1 Å². The second-order valence-corrected chi connectivity index (χ2v) is 10.7. The van der Waals surface area contributed by atoms with Gasteiger partial charge in [-0.05, 0) is 37.1 Å². The maximum Gasteiger partial charge on any atom is 0.218 e. The summed E-state index contributed by atoms with van der Waals surface area (Å²) in [6, 6.07) is 6.14. The van der Waals surface area contributed by atoms with Crippen molar-refractivity contribution < 1.29 is 21.2 Å². The number of sulfone groups is 1. The summed E-state index contributed by atoms with van der Waals surface area (Å²) in [6.45, 7) is 1.89. The summed E-state index contributed by atoms with van der Waals surface area (Å²) in [5.41, 5.74) is 0.860. The molecule has 0 amide bonds. The van der Waals surface area contributed by atoms with E-state index in [-0.39, 0.29) is 23.7 Å². The van der Waals surface area contributed by atoms with Crippen molar-refractivity contribution in [2.45, 2.75) is 18.1 Å². The molecule has 1 aromatic carbocycles. The van der Waals surface area contributed by atoms with Crippen LogP contribution < -0.4 is 4.90 Å². The van der Waals surface area contributed by atoms with E-state index in [0.29, 0.717) is 32.6 Å². The summed E-state index contributed by atoms with van der Waals surface area (Å²) < 4.78 is 63.0. The van der Waals surface area contributed by atoms with Crippen LogP contribution >= 0.6 is 0 Å². The van der Waals surface area contributed by atoms with Gasteiger partial charge in [0.2, 0.25) is 10.0 Å². The van der Waals surface area contributed by atoms with Gasteiger partial charge in [0, 0.05) is 31.9 Å². The van der Waals surface area contributed by atoms with E-state index in [1.807, 2.05) is 4.90 Å². The molecule has 9 heteroatoms. The Balaban J connectivity index is 1.70. The molecular weight excluding hydrogens is 355 g/mol. The lowest BCUT2D eigenvalue weighted by Crippen LogP contribution is -2.41. The lowest BCUT2D eigenvalue weighted by molar-refractivity contribution is 0.426. The molecule has 2 heterocycles. The minimum Gasteiger partial charge on any atom is -0.370 e. The molecule has 24 heavy (non-hydrogen) atoms. The lowest BCUT2D eigenvalue weighted by atomic mass is 10.2. The molecule has 0 bridgehead atoms. The molecule has 0 N–H and O–H groups in total. The van der Waals surface area contributed by atoms with Crippen LogP contribution in [-0.4, -0.2) is 64.1 Å². The third-order valence-electron chi connectivity index (χ3n) is 4.62. The Morgan fingerprint density at radius 3 is 2.38 bits per heavy atom. The van der Waals surface area contributed by atoms with E-state index in [0.717, 1.165) is 5.69 Å². The second kappa shape index (κ2) is 6.61. The summed E-state index contributed by atoms with van der Waals surface area (Å²) in [4.78, 5) is 2.03. The van der Waals surface area contributed by atoms with E-state index in [1.54, 1.807) is 12.1 Å². The predicted octanol–water partition coefficient (Wildman–Crippen LogP) is 0.855. The van der Waals surface area contributed by atoms with Gasteiger partial charge in [0.25, 0.3) is 0 Å². The predicted molar refractivity (Wildman–Crippen MR) is 90.8 cm³/mol. The molecule has 0 aromatic heterocycles. The minimum atomic E-state index is -3.60. The zero-order valence-electron chi connectivity index (χ0n) is 13.3. The molecule has 134 valence electrons. The van der Waals surface area contributed by atoms with E-state index >= 15 is 0 Å². The molecule has 2 fully saturated rings. The maximum atomic E-state index is 13.0. The molecule has 1 aromatic rings. The van der Waals surface area contributed by atoms with Gasteiger partial charge in [-0.2, -0.15) is 4.31 Å². The fraction of sp³-hybridized carbons (Fsp3) is 0.600. The first-order valence-corrected chi connectivity index (χ1v) is 11.3. The first kappa shape index (κ1) is 17.6. The molecule has 0 radical (unpaired) electrons. The third-order valence-corrected chi connectivity index (χ3v) is 8.93. The summed E-state index contributed by atoms with van der Waals surface area (Å²) >= 11 is 0. The highest BCUT2D eigenvalue weighted by Crippen LogP contribution is 2.24. The van der Waals surface area contributed by atoms with Gasteiger partial charge in [-0.3, -0.25) is 0 Å². The van der Waals surface area contributed by atoms with Crippen LogP contribution in [0.3, 0.4) is 0 Å². The van der Waals surface area contributed by atoms with Gasteiger partial charge < -0.3 is 4.90 Å². The van der Waals surface area contributed by atoms with Crippen molar-refractivity contribution in [2.75, 3.05) is 42.6 Å². The van der Waals surface area contributed by atoms with Crippen LogP contribution in [0.15, 0.2) is 24.3 Å². The number of rotatable bonds is 3. The van der Waals surface area contributed by atoms with E-state index in [2.05, 4.69) is 0 Å². The lowest BCUT2D eigenvalue weighted by Gasteiger charge is -2.25. The number of halogens is 1. The summed E-state index contributed by atoms with van der Waals surface area (Å²) in [5, 5.41) is -0.820. The summed E-state index contributed by atoms with van der Waals surface area (Å²) in [6.07, 6.45) is 0.832. The van der Waals surface area contributed by atoms with Crippen LogP contribution in [-0.2, 0) is 19.9 Å². The van der Waals surface area contributed by atoms with E-state index in [9.17, 15) is 21.2 Å². The standard InChI is InChI=1S/C15H21FN2O4S2/c16-13-2-4-14(5-3-13)17-7-1-8-18(10-9-17)24(21,22)15-6-11-23(19,20)12-15/h2-5,15H,1,6-12H2. The van der Waals surface area contributed by atoms with Gasteiger partial charge in [-0.25, -0.2) is 21.2 Å². The Hall–Kier alpha value is -1.19. The summed E-state index contributed by atoms with van der Waals surface area (Å²) in [7, 11) is -6.84. The molecule has 1 unspecified atom stereocenters. The number of hydrogen-bond acceptors (Lipinski definition) is 5. The number of sulfonamides is 1. The number of hydrogen-bond donors (Lipinski definition) is 0. The first-order valence-electron chi connectivity index (χ1n) is 7.98. The van der Waals surface area contributed by atoms with Gasteiger partial charge in [-0.1, -0.05) is 0 Å². The number of anilines is 1. The Morgan fingerprint density at radius 2 is 1.75 bits per heavy atom. The second-order valence-electron chi connectivity index (χ2n) is 6.29. The van der Waals surface area contributed by atoms with Crippen molar-refractivity contribution in [3.63, 3.8) is 0 Å². The maximum absolute atomic E-state index is 13.0. The fourth-order valence-electron chi connectivity index (χ4n) is 3.26. The zero-order valence-corrected chi connectivity index (χ0v) is 14.9. The average Bonchev–Trinajstić information content (AvgIpc) is 2.74. The molecule has 6 nitrogen and oxygen atoms in total. The summed E-state index contributed by atoms with van der Waals surface area (Å²) in [5.74, 6) is -0.625. The van der Waals surface area contributed by atoms with Crippen LogP contribution in [0.2, 0.25) is 0 Å². The van der Waals surface area contributed by atoms with Crippen LogP contribution in [0.1, 0.15) is 12.8 Å². The van der Waals surface area contributed by atoms with Crippen LogP contribution in [0.5, 0.6) is 0 Å². The number of benzene rings is 1. The van der Waals surface area contributed by atoms with E-state index in [4.69, 9.17) is 0 Å². The van der Waals surface area contributed by atoms with E-state index < -0.39 is 25.1 Å². The third kappa shape index (κ3) is 3.73. The van der Waals surface area contributed by atoms with Crippen molar-refractivity contribution in [1.29, 1.82) is 0 Å². The van der Waals surface area contributed by atoms with Gasteiger partial charge in [-0.15, -0.1) is 0 Å². The van der Waals surface area contributed by atoms with Crippen molar-refractivity contribution in [2.24, 2.45) is 0 Å². The molecule has 1 atom stereocenters. The molecule has 0 aliphatic carbocycles.